The summed E-state index contributed by atoms with van der Waals surface area (Å²) in [5.41, 5.74) is 1.72. The third-order valence-electron chi connectivity index (χ3n) is 2.41. The summed E-state index contributed by atoms with van der Waals surface area (Å²) in [5.74, 6) is 0.0675. The Labute approximate surface area is 87.1 Å². The molecular weight excluding hydrogens is 198 g/mol. The first-order valence-electron chi connectivity index (χ1n) is 4.36. The van der Waals surface area contributed by atoms with E-state index in [4.69, 9.17) is 11.6 Å². The van der Waals surface area contributed by atoms with Crippen LogP contribution in [0, 0.1) is 0 Å². The number of carbonyl (C=O) groups is 1. The molecule has 0 aliphatic heterocycles. The van der Waals surface area contributed by atoms with Crippen LogP contribution in [0.3, 0.4) is 0 Å². The van der Waals surface area contributed by atoms with E-state index in [9.17, 15) is 4.79 Å². The molecule has 3 heteroatoms. The van der Waals surface area contributed by atoms with E-state index in [0.29, 0.717) is 5.15 Å². The number of ketones is 1. The first-order valence-corrected chi connectivity index (χ1v) is 4.74. The van der Waals surface area contributed by atoms with Crippen molar-refractivity contribution in [3.8, 4) is 0 Å². The van der Waals surface area contributed by atoms with Gasteiger partial charge in [0, 0.05) is 23.5 Å². The maximum atomic E-state index is 11.3. The van der Waals surface area contributed by atoms with Crippen molar-refractivity contribution >= 4 is 28.3 Å². The van der Waals surface area contributed by atoms with Crippen LogP contribution in [-0.2, 0) is 7.05 Å². The van der Waals surface area contributed by atoms with Gasteiger partial charge in [-0.3, -0.25) is 4.79 Å². The third-order valence-corrected chi connectivity index (χ3v) is 2.77. The number of nitrogens with zero attached hydrogens (tertiary/aromatic N) is 1. The topological polar surface area (TPSA) is 22.0 Å². The van der Waals surface area contributed by atoms with Crippen LogP contribution in [0.4, 0.5) is 0 Å². The molecule has 2 nitrogen and oxygen atoms in total. The Balaban J connectivity index is 2.88. The van der Waals surface area contributed by atoms with E-state index >= 15 is 0 Å². The lowest BCUT2D eigenvalue weighted by atomic mass is 10.1. The monoisotopic (exact) mass is 207 g/mol. The molecule has 72 valence electrons. The highest BCUT2D eigenvalue weighted by atomic mass is 35.5. The average Bonchev–Trinajstić information content (AvgIpc) is 2.43. The highest BCUT2D eigenvalue weighted by molar-refractivity contribution is 6.31. The van der Waals surface area contributed by atoms with Crippen molar-refractivity contribution < 1.29 is 4.79 Å². The van der Waals surface area contributed by atoms with Crippen LogP contribution in [0.1, 0.15) is 17.3 Å². The quantitative estimate of drug-likeness (QED) is 0.659. The fourth-order valence-electron chi connectivity index (χ4n) is 1.64. The molecule has 0 unspecified atom stereocenters. The van der Waals surface area contributed by atoms with Crippen molar-refractivity contribution in [3.63, 3.8) is 0 Å². The molecule has 0 aliphatic carbocycles. The smallest absolute Gasteiger partial charge is 0.160 e. The number of hydrogen-bond donors (Lipinski definition) is 0. The van der Waals surface area contributed by atoms with Crippen LogP contribution in [0.25, 0.3) is 10.9 Å². The van der Waals surface area contributed by atoms with Crippen molar-refractivity contribution in [3.05, 3.63) is 35.0 Å². The summed E-state index contributed by atoms with van der Waals surface area (Å²) >= 11 is 5.98. The normalized spacial score (nSPS) is 10.8. The molecule has 0 radical (unpaired) electrons. The summed E-state index contributed by atoms with van der Waals surface area (Å²) in [6, 6.07) is 7.47. The van der Waals surface area contributed by atoms with E-state index in [1.807, 2.05) is 35.9 Å². The van der Waals surface area contributed by atoms with Gasteiger partial charge in [-0.15, -0.1) is 0 Å². The van der Waals surface area contributed by atoms with Crippen LogP contribution in [-0.4, -0.2) is 10.4 Å². The minimum absolute atomic E-state index is 0.0675. The van der Waals surface area contributed by atoms with Gasteiger partial charge in [0.1, 0.15) is 5.15 Å². The number of aryl methyl sites for hydroxylation is 1. The molecule has 1 heterocycles. The first kappa shape index (κ1) is 9.28. The SMILES string of the molecule is CC(=O)c1cccc2c1cc(Cl)n2C. The van der Waals surface area contributed by atoms with E-state index in [0.717, 1.165) is 16.5 Å². The fraction of sp³-hybridized carbons (Fsp3) is 0.182. The number of hydrogen-bond acceptors (Lipinski definition) is 1. The molecule has 2 aromatic rings. The number of halogens is 1. The number of carbonyl (C=O) groups excluding carboxylic acids is 1. The minimum Gasteiger partial charge on any atom is -0.335 e. The fourth-order valence-corrected chi connectivity index (χ4v) is 1.84. The third kappa shape index (κ3) is 1.23. The molecule has 0 atom stereocenters. The predicted molar refractivity (Wildman–Crippen MR) is 57.9 cm³/mol. The number of rotatable bonds is 1. The maximum Gasteiger partial charge on any atom is 0.160 e. The summed E-state index contributed by atoms with van der Waals surface area (Å²) in [6.45, 7) is 1.57. The lowest BCUT2D eigenvalue weighted by Gasteiger charge is -1.99. The molecule has 0 fully saturated rings. The molecule has 1 aromatic heterocycles. The summed E-state index contributed by atoms with van der Waals surface area (Å²) in [5, 5.41) is 1.57. The zero-order valence-corrected chi connectivity index (χ0v) is 8.80. The molecule has 0 saturated carbocycles. The highest BCUT2D eigenvalue weighted by Gasteiger charge is 2.09. The van der Waals surface area contributed by atoms with Gasteiger partial charge >= 0.3 is 0 Å². The van der Waals surface area contributed by atoms with Gasteiger partial charge in [0.2, 0.25) is 0 Å². The Morgan fingerprint density at radius 2 is 2.14 bits per heavy atom. The van der Waals surface area contributed by atoms with Gasteiger partial charge < -0.3 is 4.57 Å². The standard InChI is InChI=1S/C11H10ClNO/c1-7(14)8-4-3-5-10-9(8)6-11(12)13(10)2/h3-6H,1-2H3. The van der Waals surface area contributed by atoms with Gasteiger partial charge in [-0.25, -0.2) is 0 Å². The van der Waals surface area contributed by atoms with Crippen LogP contribution >= 0.6 is 11.6 Å². The summed E-state index contributed by atoms with van der Waals surface area (Å²) < 4.78 is 1.86. The lowest BCUT2D eigenvalue weighted by molar-refractivity contribution is 0.101. The van der Waals surface area contributed by atoms with Gasteiger partial charge in [-0.1, -0.05) is 23.7 Å². The number of Topliss-reactive ketones (excluding diaryl/α,β-unsaturated/α-hetero) is 1. The Hall–Kier alpha value is -1.28. The Kier molecular flexibility index (Phi) is 2.08. The molecule has 2 rings (SSSR count). The van der Waals surface area contributed by atoms with Crippen molar-refractivity contribution in [1.82, 2.24) is 4.57 Å². The second-order valence-electron chi connectivity index (χ2n) is 3.32. The predicted octanol–water partition coefficient (Wildman–Crippen LogP) is 3.03. The largest absolute Gasteiger partial charge is 0.335 e. The molecule has 0 bridgehead atoms. The van der Waals surface area contributed by atoms with E-state index in [1.54, 1.807) is 6.92 Å². The zero-order valence-electron chi connectivity index (χ0n) is 8.04. The zero-order chi connectivity index (χ0) is 10.3. The van der Waals surface area contributed by atoms with Crippen molar-refractivity contribution in [2.75, 3.05) is 0 Å². The minimum atomic E-state index is 0.0675. The number of aromatic nitrogens is 1. The van der Waals surface area contributed by atoms with Gasteiger partial charge in [0.25, 0.3) is 0 Å². The molecule has 0 aliphatic rings. The van der Waals surface area contributed by atoms with Crippen molar-refractivity contribution in [2.24, 2.45) is 7.05 Å². The Morgan fingerprint density at radius 3 is 2.79 bits per heavy atom. The first-order chi connectivity index (χ1) is 6.61. The molecular formula is C11H10ClNO. The molecule has 1 aromatic carbocycles. The molecule has 0 amide bonds. The molecule has 14 heavy (non-hydrogen) atoms. The van der Waals surface area contributed by atoms with Gasteiger partial charge in [0.05, 0.1) is 0 Å². The lowest BCUT2D eigenvalue weighted by Crippen LogP contribution is -1.93. The second-order valence-corrected chi connectivity index (χ2v) is 3.71. The average molecular weight is 208 g/mol. The maximum absolute atomic E-state index is 11.3. The van der Waals surface area contributed by atoms with E-state index in [-0.39, 0.29) is 5.78 Å². The van der Waals surface area contributed by atoms with Gasteiger partial charge in [-0.05, 0) is 19.1 Å². The number of fused-ring (bicyclic) bond motifs is 1. The van der Waals surface area contributed by atoms with Crippen LogP contribution in [0.15, 0.2) is 24.3 Å². The summed E-state index contributed by atoms with van der Waals surface area (Å²) in [6.07, 6.45) is 0. The van der Waals surface area contributed by atoms with Crippen LogP contribution in [0.5, 0.6) is 0 Å². The van der Waals surface area contributed by atoms with Crippen molar-refractivity contribution in [1.29, 1.82) is 0 Å². The second kappa shape index (κ2) is 3.14. The van der Waals surface area contributed by atoms with Crippen molar-refractivity contribution in [2.45, 2.75) is 6.92 Å². The summed E-state index contributed by atoms with van der Waals surface area (Å²) in [7, 11) is 1.88. The van der Waals surface area contributed by atoms with Gasteiger partial charge in [0.15, 0.2) is 5.78 Å². The molecule has 0 N–H and O–H groups in total. The van der Waals surface area contributed by atoms with E-state index < -0.39 is 0 Å². The Morgan fingerprint density at radius 1 is 1.43 bits per heavy atom. The summed E-state index contributed by atoms with van der Waals surface area (Å²) in [4.78, 5) is 11.3. The molecule has 0 saturated heterocycles. The van der Waals surface area contributed by atoms with E-state index in [2.05, 4.69) is 0 Å². The Bertz CT molecular complexity index is 513. The van der Waals surface area contributed by atoms with Crippen LogP contribution < -0.4 is 0 Å². The van der Waals surface area contributed by atoms with Crippen LogP contribution in [0.2, 0.25) is 5.15 Å². The van der Waals surface area contributed by atoms with Gasteiger partial charge in [-0.2, -0.15) is 0 Å². The molecule has 0 spiro atoms. The highest BCUT2D eigenvalue weighted by Crippen LogP contribution is 2.25. The van der Waals surface area contributed by atoms with E-state index in [1.165, 1.54) is 0 Å². The number of benzene rings is 1.